The molecule has 0 aromatic carbocycles. The third kappa shape index (κ3) is 3.00. The lowest BCUT2D eigenvalue weighted by molar-refractivity contribution is 0.0942. The van der Waals surface area contributed by atoms with E-state index in [2.05, 4.69) is 10.6 Å². The molecule has 0 saturated carbocycles. The Morgan fingerprint density at radius 2 is 2.50 bits per heavy atom. The molecular weight excluding hydrogens is 226 g/mol. The van der Waals surface area contributed by atoms with Crippen molar-refractivity contribution < 1.29 is 4.79 Å². The molecule has 1 saturated heterocycles. The van der Waals surface area contributed by atoms with Gasteiger partial charge >= 0.3 is 0 Å². The van der Waals surface area contributed by atoms with Gasteiger partial charge in [0.2, 0.25) is 0 Å². The van der Waals surface area contributed by atoms with Crippen molar-refractivity contribution in [3.05, 3.63) is 24.0 Å². The van der Waals surface area contributed by atoms with Crippen molar-refractivity contribution in [2.24, 2.45) is 7.05 Å². The number of carbonyl (C=O) groups is 1. The summed E-state index contributed by atoms with van der Waals surface area (Å²) in [5.74, 6) is 0.0104. The largest absolute Gasteiger partial charge is 0.349 e. The minimum absolute atomic E-state index is 0. The Balaban J connectivity index is 0.00000128. The van der Waals surface area contributed by atoms with Crippen LogP contribution in [0, 0.1) is 0 Å². The molecule has 0 spiro atoms. The summed E-state index contributed by atoms with van der Waals surface area (Å²) in [7, 11) is 1.88. The zero-order valence-electron chi connectivity index (χ0n) is 9.40. The molecule has 1 unspecified atom stereocenters. The van der Waals surface area contributed by atoms with Gasteiger partial charge in [-0.1, -0.05) is 0 Å². The molecule has 1 amide bonds. The number of hydrogen-bond donors (Lipinski definition) is 2. The van der Waals surface area contributed by atoms with Crippen LogP contribution in [-0.4, -0.2) is 29.6 Å². The predicted molar refractivity (Wildman–Crippen MR) is 66.0 cm³/mol. The summed E-state index contributed by atoms with van der Waals surface area (Å²) in [6.07, 6.45) is 4.25. The number of nitrogens with zero attached hydrogens (tertiary/aromatic N) is 1. The number of aromatic nitrogens is 1. The van der Waals surface area contributed by atoms with Crippen LogP contribution in [0.2, 0.25) is 0 Å². The number of carbonyl (C=O) groups excluding carboxylic acids is 1. The van der Waals surface area contributed by atoms with Gasteiger partial charge in [0.1, 0.15) is 5.69 Å². The molecule has 2 rings (SSSR count). The van der Waals surface area contributed by atoms with Crippen LogP contribution in [-0.2, 0) is 7.05 Å². The number of hydrogen-bond acceptors (Lipinski definition) is 2. The van der Waals surface area contributed by atoms with Crippen molar-refractivity contribution in [2.45, 2.75) is 18.9 Å². The Labute approximate surface area is 102 Å². The molecule has 1 aliphatic heterocycles. The van der Waals surface area contributed by atoms with Crippen LogP contribution in [0.5, 0.6) is 0 Å². The maximum atomic E-state index is 11.7. The number of aryl methyl sites for hydroxylation is 1. The predicted octanol–water partition coefficient (Wildman–Crippen LogP) is 0.929. The van der Waals surface area contributed by atoms with E-state index in [9.17, 15) is 4.79 Å². The van der Waals surface area contributed by atoms with Crippen LogP contribution in [0.4, 0.5) is 0 Å². The smallest absolute Gasteiger partial charge is 0.267 e. The highest BCUT2D eigenvalue weighted by Gasteiger charge is 2.15. The van der Waals surface area contributed by atoms with E-state index < -0.39 is 0 Å². The van der Waals surface area contributed by atoms with Gasteiger partial charge in [-0.15, -0.1) is 12.4 Å². The highest BCUT2D eigenvalue weighted by molar-refractivity contribution is 5.92. The SMILES string of the molecule is Cl.Cn1cccc1C(=O)NCC1CCCN1. The summed E-state index contributed by atoms with van der Waals surface area (Å²) in [5.41, 5.74) is 0.716. The van der Waals surface area contributed by atoms with Gasteiger partial charge in [-0.3, -0.25) is 4.79 Å². The lowest BCUT2D eigenvalue weighted by Crippen LogP contribution is -2.37. The van der Waals surface area contributed by atoms with Gasteiger partial charge < -0.3 is 15.2 Å². The van der Waals surface area contributed by atoms with E-state index in [1.807, 2.05) is 29.9 Å². The molecular formula is C11H18ClN3O. The third-order valence-electron chi connectivity index (χ3n) is 2.85. The second-order valence-corrected chi connectivity index (χ2v) is 4.01. The van der Waals surface area contributed by atoms with E-state index in [1.54, 1.807) is 0 Å². The van der Waals surface area contributed by atoms with Gasteiger partial charge in [0, 0.05) is 25.8 Å². The summed E-state index contributed by atoms with van der Waals surface area (Å²) in [4.78, 5) is 11.7. The van der Waals surface area contributed by atoms with E-state index >= 15 is 0 Å². The molecule has 16 heavy (non-hydrogen) atoms. The van der Waals surface area contributed by atoms with Crippen molar-refractivity contribution in [1.29, 1.82) is 0 Å². The standard InChI is InChI=1S/C11H17N3O.ClH/c1-14-7-3-5-10(14)11(15)13-8-9-4-2-6-12-9;/h3,5,7,9,12H,2,4,6,8H2,1H3,(H,13,15);1H. The summed E-state index contributed by atoms with van der Waals surface area (Å²) in [5, 5.41) is 6.30. The first-order valence-electron chi connectivity index (χ1n) is 5.40. The molecule has 1 aliphatic rings. The van der Waals surface area contributed by atoms with E-state index in [0.717, 1.165) is 19.5 Å². The molecule has 1 aromatic rings. The fourth-order valence-electron chi connectivity index (χ4n) is 1.93. The fourth-order valence-corrected chi connectivity index (χ4v) is 1.93. The number of halogens is 1. The molecule has 90 valence electrons. The van der Waals surface area contributed by atoms with Crippen molar-refractivity contribution in [1.82, 2.24) is 15.2 Å². The molecule has 1 aromatic heterocycles. The van der Waals surface area contributed by atoms with Crippen molar-refractivity contribution in [3.8, 4) is 0 Å². The van der Waals surface area contributed by atoms with Gasteiger partial charge in [0.25, 0.3) is 5.91 Å². The Morgan fingerprint density at radius 1 is 1.69 bits per heavy atom. The quantitative estimate of drug-likeness (QED) is 0.830. The maximum absolute atomic E-state index is 11.7. The van der Waals surface area contributed by atoms with E-state index in [-0.39, 0.29) is 18.3 Å². The molecule has 1 atom stereocenters. The van der Waals surface area contributed by atoms with Crippen molar-refractivity contribution in [3.63, 3.8) is 0 Å². The first-order chi connectivity index (χ1) is 7.27. The molecule has 1 fully saturated rings. The Bertz CT molecular complexity index is 345. The number of rotatable bonds is 3. The van der Waals surface area contributed by atoms with Crippen LogP contribution < -0.4 is 10.6 Å². The van der Waals surface area contributed by atoms with Crippen LogP contribution >= 0.6 is 12.4 Å². The zero-order valence-corrected chi connectivity index (χ0v) is 10.2. The van der Waals surface area contributed by atoms with Crippen molar-refractivity contribution >= 4 is 18.3 Å². The Kier molecular flexibility index (Phi) is 4.83. The van der Waals surface area contributed by atoms with Crippen molar-refractivity contribution in [2.75, 3.05) is 13.1 Å². The monoisotopic (exact) mass is 243 g/mol. The van der Waals surface area contributed by atoms with Gasteiger partial charge in [-0.2, -0.15) is 0 Å². The van der Waals surface area contributed by atoms with Crippen LogP contribution in [0.3, 0.4) is 0 Å². The fraction of sp³-hybridized carbons (Fsp3) is 0.545. The van der Waals surface area contributed by atoms with Gasteiger partial charge in [-0.05, 0) is 31.5 Å². The van der Waals surface area contributed by atoms with Crippen LogP contribution in [0.25, 0.3) is 0 Å². The average Bonchev–Trinajstić information content (AvgIpc) is 2.84. The second kappa shape index (κ2) is 5.92. The zero-order chi connectivity index (χ0) is 10.7. The number of amides is 1. The van der Waals surface area contributed by atoms with E-state index in [0.29, 0.717) is 11.7 Å². The summed E-state index contributed by atoms with van der Waals surface area (Å²) >= 11 is 0. The maximum Gasteiger partial charge on any atom is 0.267 e. The first-order valence-corrected chi connectivity index (χ1v) is 5.40. The molecule has 0 aliphatic carbocycles. The topological polar surface area (TPSA) is 46.1 Å². The van der Waals surface area contributed by atoms with Gasteiger partial charge in [0.15, 0.2) is 0 Å². The first kappa shape index (κ1) is 13.1. The molecule has 5 heteroatoms. The lowest BCUT2D eigenvalue weighted by atomic mass is 10.2. The van der Waals surface area contributed by atoms with E-state index in [1.165, 1.54) is 6.42 Å². The Hall–Kier alpha value is -1.00. The summed E-state index contributed by atoms with van der Waals surface area (Å²) in [6.45, 7) is 1.80. The van der Waals surface area contributed by atoms with Crippen LogP contribution in [0.15, 0.2) is 18.3 Å². The highest BCUT2D eigenvalue weighted by Crippen LogP contribution is 2.04. The third-order valence-corrected chi connectivity index (χ3v) is 2.85. The van der Waals surface area contributed by atoms with E-state index in [4.69, 9.17) is 0 Å². The van der Waals surface area contributed by atoms with Gasteiger partial charge in [-0.25, -0.2) is 0 Å². The minimum atomic E-state index is 0. The molecule has 2 N–H and O–H groups in total. The number of nitrogens with one attached hydrogen (secondary N) is 2. The molecule has 0 radical (unpaired) electrons. The summed E-state index contributed by atoms with van der Waals surface area (Å²) < 4.78 is 1.83. The molecule has 2 heterocycles. The Morgan fingerprint density at radius 3 is 3.06 bits per heavy atom. The minimum Gasteiger partial charge on any atom is -0.349 e. The average molecular weight is 244 g/mol. The normalized spacial score (nSPS) is 19.2. The molecule has 4 nitrogen and oxygen atoms in total. The molecule has 0 bridgehead atoms. The highest BCUT2D eigenvalue weighted by atomic mass is 35.5. The van der Waals surface area contributed by atoms with Gasteiger partial charge in [0.05, 0.1) is 0 Å². The van der Waals surface area contributed by atoms with Crippen LogP contribution in [0.1, 0.15) is 23.3 Å². The second-order valence-electron chi connectivity index (χ2n) is 4.01. The lowest BCUT2D eigenvalue weighted by Gasteiger charge is -2.11. The summed E-state index contributed by atoms with van der Waals surface area (Å²) in [6, 6.07) is 4.16.